The Morgan fingerprint density at radius 1 is 1.36 bits per heavy atom. The van der Waals surface area contributed by atoms with Crippen LogP contribution in [-0.4, -0.2) is 31.9 Å². The van der Waals surface area contributed by atoms with Crippen molar-refractivity contribution in [3.8, 4) is 0 Å². The molecule has 1 aliphatic rings. The zero-order valence-electron chi connectivity index (χ0n) is 15.1. The number of aliphatic hydroxyl groups is 1. The molecule has 25 heavy (non-hydrogen) atoms. The fourth-order valence-corrected chi connectivity index (χ4v) is 3.35. The summed E-state index contributed by atoms with van der Waals surface area (Å²) in [5.74, 6) is 0.229. The molecule has 0 saturated heterocycles. The standard InChI is InChI=1S/C19H26N4O2/c1-12-13(2)22-23(14(12)3)9-7-18(25)21-19(15-10-16(24)11-15)17-6-4-5-8-20-17/h4-6,8,15-16,19,24H,7,9-11H2,1-3H3,(H,21,25)/t15?,16?,19-/m0/s1. The highest BCUT2D eigenvalue weighted by atomic mass is 16.3. The van der Waals surface area contributed by atoms with Crippen LogP contribution in [-0.2, 0) is 11.3 Å². The molecule has 1 atom stereocenters. The summed E-state index contributed by atoms with van der Waals surface area (Å²) in [7, 11) is 0. The van der Waals surface area contributed by atoms with Crippen molar-refractivity contribution in [3.63, 3.8) is 0 Å². The normalized spacial score (nSPS) is 20.8. The van der Waals surface area contributed by atoms with E-state index in [9.17, 15) is 9.90 Å². The van der Waals surface area contributed by atoms with E-state index in [-0.39, 0.29) is 24.0 Å². The summed E-state index contributed by atoms with van der Waals surface area (Å²) in [5.41, 5.74) is 4.14. The lowest BCUT2D eigenvalue weighted by Crippen LogP contribution is -2.42. The highest BCUT2D eigenvalue weighted by Crippen LogP contribution is 2.37. The topological polar surface area (TPSA) is 80.0 Å². The van der Waals surface area contributed by atoms with Crippen LogP contribution in [0.3, 0.4) is 0 Å². The van der Waals surface area contributed by atoms with Crippen molar-refractivity contribution in [2.24, 2.45) is 5.92 Å². The number of aryl methyl sites for hydroxylation is 2. The Kier molecular flexibility index (Phi) is 5.18. The molecule has 1 saturated carbocycles. The maximum absolute atomic E-state index is 12.5. The summed E-state index contributed by atoms with van der Waals surface area (Å²) in [4.78, 5) is 16.9. The fraction of sp³-hybridized carbons (Fsp3) is 0.526. The highest BCUT2D eigenvalue weighted by Gasteiger charge is 2.36. The first kappa shape index (κ1) is 17.6. The molecule has 1 amide bonds. The number of nitrogens with one attached hydrogen (secondary N) is 1. The van der Waals surface area contributed by atoms with Crippen LogP contribution in [0.25, 0.3) is 0 Å². The van der Waals surface area contributed by atoms with Gasteiger partial charge in [-0.2, -0.15) is 5.10 Å². The Hall–Kier alpha value is -2.21. The second-order valence-electron chi connectivity index (χ2n) is 6.95. The van der Waals surface area contributed by atoms with Gasteiger partial charge in [-0.1, -0.05) is 6.07 Å². The second kappa shape index (κ2) is 7.35. The smallest absolute Gasteiger partial charge is 0.222 e. The summed E-state index contributed by atoms with van der Waals surface area (Å²) in [5, 5.41) is 17.2. The maximum Gasteiger partial charge on any atom is 0.222 e. The first-order valence-electron chi connectivity index (χ1n) is 8.84. The van der Waals surface area contributed by atoms with E-state index in [1.807, 2.05) is 43.7 Å². The molecule has 0 radical (unpaired) electrons. The third kappa shape index (κ3) is 3.90. The zero-order valence-corrected chi connectivity index (χ0v) is 15.1. The van der Waals surface area contributed by atoms with E-state index >= 15 is 0 Å². The largest absolute Gasteiger partial charge is 0.393 e. The molecule has 6 heteroatoms. The average molecular weight is 342 g/mol. The summed E-state index contributed by atoms with van der Waals surface area (Å²) in [6.07, 6.45) is 3.27. The lowest BCUT2D eigenvalue weighted by Gasteiger charge is -2.37. The average Bonchev–Trinajstić information content (AvgIpc) is 2.83. The first-order valence-corrected chi connectivity index (χ1v) is 8.84. The number of aliphatic hydroxyl groups excluding tert-OH is 1. The molecule has 0 unspecified atom stereocenters. The SMILES string of the molecule is Cc1nn(CCC(=O)N[C@H](c2ccccn2)C2CC(O)C2)c(C)c1C. The highest BCUT2D eigenvalue weighted by molar-refractivity contribution is 5.76. The predicted molar refractivity (Wildman–Crippen MR) is 94.9 cm³/mol. The zero-order chi connectivity index (χ0) is 18.0. The van der Waals surface area contributed by atoms with Crippen LogP contribution in [0.5, 0.6) is 0 Å². The van der Waals surface area contributed by atoms with Gasteiger partial charge < -0.3 is 10.4 Å². The van der Waals surface area contributed by atoms with E-state index in [4.69, 9.17) is 0 Å². The van der Waals surface area contributed by atoms with Crippen LogP contribution >= 0.6 is 0 Å². The third-order valence-electron chi connectivity index (χ3n) is 5.24. The molecule has 0 spiro atoms. The molecule has 0 bridgehead atoms. The fourth-order valence-electron chi connectivity index (χ4n) is 3.35. The molecule has 2 aromatic rings. The van der Waals surface area contributed by atoms with Gasteiger partial charge in [-0.25, -0.2) is 0 Å². The van der Waals surface area contributed by atoms with Crippen molar-refractivity contribution in [3.05, 3.63) is 47.0 Å². The Morgan fingerprint density at radius 2 is 2.12 bits per heavy atom. The Labute approximate surface area is 148 Å². The minimum Gasteiger partial charge on any atom is -0.393 e. The third-order valence-corrected chi connectivity index (χ3v) is 5.24. The molecular formula is C19H26N4O2. The molecule has 1 fully saturated rings. The van der Waals surface area contributed by atoms with E-state index in [1.165, 1.54) is 5.56 Å². The summed E-state index contributed by atoms with van der Waals surface area (Å²) in [6, 6.07) is 5.58. The van der Waals surface area contributed by atoms with Gasteiger partial charge in [0, 0.05) is 24.9 Å². The maximum atomic E-state index is 12.5. The van der Waals surface area contributed by atoms with E-state index < -0.39 is 0 Å². The van der Waals surface area contributed by atoms with Gasteiger partial charge in [0.1, 0.15) is 0 Å². The number of pyridine rings is 1. The molecule has 2 heterocycles. The Morgan fingerprint density at radius 3 is 2.68 bits per heavy atom. The molecule has 1 aliphatic carbocycles. The van der Waals surface area contributed by atoms with Gasteiger partial charge in [-0.05, 0) is 57.2 Å². The lowest BCUT2D eigenvalue weighted by molar-refractivity contribution is -0.123. The molecule has 2 N–H and O–H groups in total. The number of rotatable bonds is 6. The van der Waals surface area contributed by atoms with Crippen molar-refractivity contribution in [2.45, 2.75) is 58.7 Å². The van der Waals surface area contributed by atoms with Crippen molar-refractivity contribution >= 4 is 5.91 Å². The van der Waals surface area contributed by atoms with Crippen LogP contribution in [0.2, 0.25) is 0 Å². The van der Waals surface area contributed by atoms with Crippen molar-refractivity contribution in [1.82, 2.24) is 20.1 Å². The quantitative estimate of drug-likeness (QED) is 0.843. The molecule has 6 nitrogen and oxygen atoms in total. The number of nitrogens with zero attached hydrogens (tertiary/aromatic N) is 3. The van der Waals surface area contributed by atoms with Crippen molar-refractivity contribution < 1.29 is 9.90 Å². The number of amides is 1. The van der Waals surface area contributed by atoms with Gasteiger partial charge in [-0.15, -0.1) is 0 Å². The summed E-state index contributed by atoms with van der Waals surface area (Å²) < 4.78 is 1.90. The van der Waals surface area contributed by atoms with Crippen molar-refractivity contribution in [2.75, 3.05) is 0 Å². The van der Waals surface area contributed by atoms with Crippen molar-refractivity contribution in [1.29, 1.82) is 0 Å². The van der Waals surface area contributed by atoms with E-state index in [0.29, 0.717) is 25.8 Å². The minimum absolute atomic E-state index is 0.0118. The van der Waals surface area contributed by atoms with Gasteiger partial charge >= 0.3 is 0 Å². The number of aromatic nitrogens is 3. The minimum atomic E-state index is -0.259. The number of hydrogen-bond acceptors (Lipinski definition) is 4. The summed E-state index contributed by atoms with van der Waals surface area (Å²) >= 11 is 0. The predicted octanol–water partition coefficient (Wildman–Crippen LogP) is 2.22. The van der Waals surface area contributed by atoms with E-state index in [0.717, 1.165) is 17.1 Å². The monoisotopic (exact) mass is 342 g/mol. The van der Waals surface area contributed by atoms with Gasteiger partial charge in [0.15, 0.2) is 0 Å². The Balaban J connectivity index is 1.63. The summed E-state index contributed by atoms with van der Waals surface area (Å²) in [6.45, 7) is 6.62. The van der Waals surface area contributed by atoms with Crippen LogP contribution in [0.4, 0.5) is 0 Å². The molecule has 134 valence electrons. The van der Waals surface area contributed by atoms with Gasteiger partial charge in [-0.3, -0.25) is 14.5 Å². The second-order valence-corrected chi connectivity index (χ2v) is 6.95. The lowest BCUT2D eigenvalue weighted by atomic mass is 9.76. The number of carbonyl (C=O) groups excluding carboxylic acids is 1. The number of hydrogen-bond donors (Lipinski definition) is 2. The molecule has 2 aromatic heterocycles. The van der Waals surface area contributed by atoms with Gasteiger partial charge in [0.2, 0.25) is 5.91 Å². The molecule has 0 aliphatic heterocycles. The van der Waals surface area contributed by atoms with Crippen LogP contribution < -0.4 is 5.32 Å². The van der Waals surface area contributed by atoms with E-state index in [1.54, 1.807) is 6.20 Å². The first-order chi connectivity index (χ1) is 12.0. The molecular weight excluding hydrogens is 316 g/mol. The Bertz CT molecular complexity index is 735. The number of carbonyl (C=O) groups is 1. The van der Waals surface area contributed by atoms with Crippen LogP contribution in [0.15, 0.2) is 24.4 Å². The van der Waals surface area contributed by atoms with E-state index in [2.05, 4.69) is 15.4 Å². The van der Waals surface area contributed by atoms with Gasteiger partial charge in [0.05, 0.1) is 23.5 Å². The molecule has 3 rings (SSSR count). The van der Waals surface area contributed by atoms with Crippen LogP contribution in [0.1, 0.15) is 47.9 Å². The van der Waals surface area contributed by atoms with Gasteiger partial charge in [0.25, 0.3) is 0 Å². The van der Waals surface area contributed by atoms with Crippen LogP contribution in [0, 0.1) is 26.7 Å². The molecule has 0 aromatic carbocycles.